The van der Waals surface area contributed by atoms with Gasteiger partial charge < -0.3 is 23.7 Å². The highest BCUT2D eigenvalue weighted by Crippen LogP contribution is 2.37. The lowest BCUT2D eigenvalue weighted by Crippen LogP contribution is -2.59. The molecule has 1 aliphatic rings. The number of aldehydes is 1. The molecule has 0 amide bonds. The molecule has 5 atom stereocenters. The average Bonchev–Trinajstić information content (AvgIpc) is 3.58. The summed E-state index contributed by atoms with van der Waals surface area (Å²) in [5, 5.41) is 1.87. The molecule has 0 bridgehead atoms. The van der Waals surface area contributed by atoms with E-state index in [-0.39, 0.29) is 12.0 Å². The summed E-state index contributed by atoms with van der Waals surface area (Å²) in [7, 11) is 0. The van der Waals surface area contributed by atoms with E-state index >= 15 is 0 Å². The highest BCUT2D eigenvalue weighted by Gasteiger charge is 2.48. The molecule has 1 heterocycles. The highest BCUT2D eigenvalue weighted by molar-refractivity contribution is 7.12. The molecule has 0 unspecified atom stereocenters. The lowest BCUT2D eigenvalue weighted by atomic mass is 9.80. The molecule has 4 aromatic carbocycles. The van der Waals surface area contributed by atoms with Crippen LogP contribution in [0.3, 0.4) is 0 Å². The van der Waals surface area contributed by atoms with Gasteiger partial charge in [-0.3, -0.25) is 4.79 Å². The standard InChI is InChI=1S/C40H40O6S/c41-24-37-35(21-22-47-37)46-36-23-34(29-42-25-30-13-5-1-6-14-30)38(43-26-31-15-7-2-8-16-31)40(45-28-33-19-11-4-12-20-33)39(36)44-27-32-17-9-3-10-18-32/h1-22,24,34,36,38-40H,23,25-29H2/t34-,36-,38-,39+,40+/m1/s1. The van der Waals surface area contributed by atoms with Crippen LogP contribution in [0.25, 0.3) is 0 Å². The van der Waals surface area contributed by atoms with Crippen molar-refractivity contribution in [1.29, 1.82) is 0 Å². The largest absolute Gasteiger partial charge is 0.486 e. The Morgan fingerprint density at radius 1 is 0.574 bits per heavy atom. The number of carbonyl (C=O) groups excluding carboxylic acids is 1. The number of rotatable bonds is 16. The second-order valence-corrected chi connectivity index (χ2v) is 12.7. The molecule has 1 saturated carbocycles. The van der Waals surface area contributed by atoms with Gasteiger partial charge in [0.25, 0.3) is 0 Å². The molecule has 242 valence electrons. The van der Waals surface area contributed by atoms with Crippen molar-refractivity contribution in [2.75, 3.05) is 6.61 Å². The van der Waals surface area contributed by atoms with E-state index < -0.39 is 18.3 Å². The number of thiophene rings is 1. The molecule has 0 N–H and O–H groups in total. The predicted octanol–water partition coefficient (Wildman–Crippen LogP) is 8.30. The third kappa shape index (κ3) is 9.25. The van der Waals surface area contributed by atoms with Crippen LogP contribution in [0.1, 0.15) is 38.3 Å². The Kier molecular flexibility index (Phi) is 12.0. The minimum absolute atomic E-state index is 0.0805. The second-order valence-electron chi connectivity index (χ2n) is 11.7. The zero-order chi connectivity index (χ0) is 32.1. The van der Waals surface area contributed by atoms with Crippen molar-refractivity contribution in [2.24, 2.45) is 5.92 Å². The van der Waals surface area contributed by atoms with Crippen LogP contribution in [0.5, 0.6) is 5.75 Å². The first-order valence-corrected chi connectivity index (χ1v) is 16.9. The maximum atomic E-state index is 11.9. The molecule has 1 aliphatic carbocycles. The fraction of sp³-hybridized carbons (Fsp3) is 0.275. The van der Waals surface area contributed by atoms with Crippen molar-refractivity contribution < 1.29 is 28.5 Å². The molecular formula is C40H40O6S. The highest BCUT2D eigenvalue weighted by atomic mass is 32.1. The van der Waals surface area contributed by atoms with E-state index in [9.17, 15) is 4.79 Å². The van der Waals surface area contributed by atoms with Crippen LogP contribution in [-0.4, -0.2) is 37.3 Å². The van der Waals surface area contributed by atoms with E-state index in [1.807, 2.05) is 96.4 Å². The molecule has 1 fully saturated rings. The monoisotopic (exact) mass is 648 g/mol. The summed E-state index contributed by atoms with van der Waals surface area (Å²) >= 11 is 1.36. The SMILES string of the molecule is O=Cc1sccc1O[C@@H]1C[C@H](COCc2ccccc2)[C@@H](OCc2ccccc2)[C@H](OCc2ccccc2)[C@H]1OCc1ccccc1. The van der Waals surface area contributed by atoms with Crippen molar-refractivity contribution in [3.05, 3.63) is 160 Å². The van der Waals surface area contributed by atoms with Crippen LogP contribution >= 0.6 is 11.3 Å². The zero-order valence-corrected chi connectivity index (χ0v) is 27.1. The van der Waals surface area contributed by atoms with Crippen molar-refractivity contribution >= 4 is 17.6 Å². The molecule has 0 radical (unpaired) electrons. The first-order chi connectivity index (χ1) is 23.3. The van der Waals surface area contributed by atoms with Gasteiger partial charge in [-0.25, -0.2) is 0 Å². The number of ether oxygens (including phenoxy) is 5. The fourth-order valence-electron chi connectivity index (χ4n) is 5.99. The van der Waals surface area contributed by atoms with Crippen LogP contribution < -0.4 is 4.74 Å². The molecule has 0 aliphatic heterocycles. The molecule has 0 spiro atoms. The van der Waals surface area contributed by atoms with Crippen molar-refractivity contribution in [2.45, 2.75) is 57.3 Å². The van der Waals surface area contributed by atoms with Gasteiger partial charge in [0.2, 0.25) is 0 Å². The number of carbonyl (C=O) groups is 1. The Morgan fingerprint density at radius 3 is 1.55 bits per heavy atom. The minimum atomic E-state index is -0.496. The summed E-state index contributed by atoms with van der Waals surface area (Å²) in [5.41, 5.74) is 4.28. The van der Waals surface area contributed by atoms with Gasteiger partial charge in [0.15, 0.2) is 6.29 Å². The van der Waals surface area contributed by atoms with E-state index in [1.165, 1.54) is 11.3 Å². The number of hydrogen-bond donors (Lipinski definition) is 0. The second kappa shape index (κ2) is 17.2. The maximum Gasteiger partial charge on any atom is 0.163 e. The number of hydrogen-bond acceptors (Lipinski definition) is 7. The lowest BCUT2D eigenvalue weighted by molar-refractivity contribution is -0.220. The van der Waals surface area contributed by atoms with Crippen molar-refractivity contribution in [3.63, 3.8) is 0 Å². The molecule has 5 aromatic rings. The van der Waals surface area contributed by atoms with Gasteiger partial charge in [0.05, 0.1) is 39.1 Å². The third-order valence-electron chi connectivity index (χ3n) is 8.36. The van der Waals surface area contributed by atoms with E-state index in [1.54, 1.807) is 0 Å². The Hall–Kier alpha value is -4.11. The van der Waals surface area contributed by atoms with Gasteiger partial charge in [0.1, 0.15) is 28.9 Å². The molecule has 47 heavy (non-hydrogen) atoms. The Morgan fingerprint density at radius 2 is 1.04 bits per heavy atom. The van der Waals surface area contributed by atoms with E-state index in [0.717, 1.165) is 28.5 Å². The average molecular weight is 649 g/mol. The summed E-state index contributed by atoms with van der Waals surface area (Å²) in [5.74, 6) is 0.473. The van der Waals surface area contributed by atoms with Crippen LogP contribution in [0.2, 0.25) is 0 Å². The van der Waals surface area contributed by atoms with E-state index in [2.05, 4.69) is 36.4 Å². The van der Waals surface area contributed by atoms with Crippen LogP contribution in [0.4, 0.5) is 0 Å². The van der Waals surface area contributed by atoms with Gasteiger partial charge in [-0.1, -0.05) is 121 Å². The lowest BCUT2D eigenvalue weighted by Gasteiger charge is -2.46. The summed E-state index contributed by atoms with van der Waals surface area (Å²) in [6, 6.07) is 42.4. The van der Waals surface area contributed by atoms with Gasteiger partial charge in [-0.2, -0.15) is 0 Å². The predicted molar refractivity (Wildman–Crippen MR) is 183 cm³/mol. The Bertz CT molecular complexity index is 1610. The third-order valence-corrected chi connectivity index (χ3v) is 9.18. The molecule has 1 aromatic heterocycles. The quantitative estimate of drug-likeness (QED) is 0.100. The number of benzene rings is 4. The summed E-state index contributed by atoms with van der Waals surface area (Å²) in [6.07, 6.45) is -0.335. The smallest absolute Gasteiger partial charge is 0.163 e. The van der Waals surface area contributed by atoms with E-state index in [4.69, 9.17) is 23.7 Å². The normalized spacial score (nSPS) is 20.9. The van der Waals surface area contributed by atoms with Gasteiger partial charge in [-0.15, -0.1) is 11.3 Å². The Labute approximate surface area is 280 Å². The molecule has 6 nitrogen and oxygen atoms in total. The topological polar surface area (TPSA) is 63.2 Å². The van der Waals surface area contributed by atoms with Gasteiger partial charge >= 0.3 is 0 Å². The van der Waals surface area contributed by atoms with Crippen molar-refractivity contribution in [1.82, 2.24) is 0 Å². The summed E-state index contributed by atoms with van der Waals surface area (Å²) < 4.78 is 33.4. The zero-order valence-electron chi connectivity index (χ0n) is 26.3. The van der Waals surface area contributed by atoms with Crippen LogP contribution in [0, 0.1) is 5.92 Å². The van der Waals surface area contributed by atoms with Crippen molar-refractivity contribution in [3.8, 4) is 5.75 Å². The van der Waals surface area contributed by atoms with Gasteiger partial charge in [-0.05, 0) is 40.1 Å². The first-order valence-electron chi connectivity index (χ1n) is 16.0. The van der Waals surface area contributed by atoms with Gasteiger partial charge in [0, 0.05) is 5.92 Å². The fourth-order valence-corrected chi connectivity index (χ4v) is 6.62. The molecule has 6 rings (SSSR count). The summed E-state index contributed by atoms with van der Waals surface area (Å²) in [6.45, 7) is 2.10. The van der Waals surface area contributed by atoms with Crippen LogP contribution in [-0.2, 0) is 45.4 Å². The Balaban J connectivity index is 1.32. The minimum Gasteiger partial charge on any atom is -0.486 e. The molecule has 7 heteroatoms. The molecular weight excluding hydrogens is 609 g/mol. The summed E-state index contributed by atoms with van der Waals surface area (Å²) in [4.78, 5) is 12.4. The molecule has 0 saturated heterocycles. The maximum absolute atomic E-state index is 11.9. The van der Waals surface area contributed by atoms with E-state index in [0.29, 0.717) is 50.1 Å². The van der Waals surface area contributed by atoms with Crippen LogP contribution in [0.15, 0.2) is 133 Å². The first kappa shape index (κ1) is 32.8.